The summed E-state index contributed by atoms with van der Waals surface area (Å²) in [7, 11) is 0. The van der Waals surface area contributed by atoms with Gasteiger partial charge >= 0.3 is 6.18 Å². The van der Waals surface area contributed by atoms with Crippen LogP contribution in [0.15, 0.2) is 49.3 Å². The van der Waals surface area contributed by atoms with E-state index in [2.05, 4.69) is 25.3 Å². The summed E-state index contributed by atoms with van der Waals surface area (Å²) in [6.45, 7) is 2.48. The molecule has 0 aliphatic heterocycles. The number of hydrogen-bond donors (Lipinski definition) is 0. The van der Waals surface area contributed by atoms with Crippen molar-refractivity contribution in [3.63, 3.8) is 0 Å². The van der Waals surface area contributed by atoms with Crippen molar-refractivity contribution in [3.8, 4) is 11.5 Å². The minimum atomic E-state index is -4.89. The van der Waals surface area contributed by atoms with Gasteiger partial charge in [-0.05, 0) is 12.5 Å². The predicted molar refractivity (Wildman–Crippen MR) is 137 cm³/mol. The molecule has 0 radical (unpaired) electrons. The molecule has 6 rings (SSSR count). The van der Waals surface area contributed by atoms with Gasteiger partial charge in [0, 0.05) is 47.4 Å². The Hall–Kier alpha value is -4.39. The smallest absolute Gasteiger partial charge is 0.332 e. The third-order valence-corrected chi connectivity index (χ3v) is 7.06. The molecule has 0 saturated heterocycles. The fourth-order valence-corrected chi connectivity index (χ4v) is 5.33. The molecule has 1 unspecified atom stereocenters. The third-order valence-electron chi connectivity index (χ3n) is 6.78. The Morgan fingerprint density at radius 2 is 1.90 bits per heavy atom. The average molecular weight is 571 g/mol. The number of halogens is 5. The number of aldehydes is 1. The van der Waals surface area contributed by atoms with E-state index >= 15 is 4.39 Å². The molecule has 0 N–H and O–H groups in total. The highest BCUT2D eigenvalue weighted by molar-refractivity contribution is 6.32. The molecule has 0 amide bonds. The van der Waals surface area contributed by atoms with Crippen LogP contribution in [0.1, 0.15) is 52.5 Å². The number of carbonyl (C=O) groups is 1. The molecular formula is C26H19ClF4N8O. The van der Waals surface area contributed by atoms with Gasteiger partial charge in [0.2, 0.25) is 0 Å². The number of nitrogens with zero attached hydrogens (tertiary/aromatic N) is 8. The zero-order valence-electron chi connectivity index (χ0n) is 20.8. The number of aryl methyl sites for hydroxylation is 1. The molecule has 0 bridgehead atoms. The number of fused-ring (bicyclic) bond motifs is 2. The molecule has 0 saturated carbocycles. The number of carbonyl (C=O) groups excluding carboxylic acids is 1. The van der Waals surface area contributed by atoms with Crippen LogP contribution in [0.3, 0.4) is 0 Å². The Morgan fingerprint density at radius 3 is 2.60 bits per heavy atom. The summed E-state index contributed by atoms with van der Waals surface area (Å²) in [6.07, 6.45) is 6.76. The van der Waals surface area contributed by atoms with E-state index < -0.39 is 23.1 Å². The minimum absolute atomic E-state index is 0.0493. The number of pyridine rings is 2. The summed E-state index contributed by atoms with van der Waals surface area (Å²) in [5.41, 5.74) is -3.32. The topological polar surface area (TPSA) is 96.3 Å². The van der Waals surface area contributed by atoms with Gasteiger partial charge in [0.15, 0.2) is 23.5 Å². The van der Waals surface area contributed by atoms with Gasteiger partial charge in [-0.25, -0.2) is 14.1 Å². The Balaban J connectivity index is 1.57. The summed E-state index contributed by atoms with van der Waals surface area (Å²) < 4.78 is 61.5. The van der Waals surface area contributed by atoms with Gasteiger partial charge in [0.05, 0.1) is 41.1 Å². The van der Waals surface area contributed by atoms with E-state index in [1.54, 1.807) is 22.9 Å². The number of alkyl halides is 4. The van der Waals surface area contributed by atoms with Crippen molar-refractivity contribution in [1.29, 1.82) is 0 Å². The highest BCUT2D eigenvalue weighted by Crippen LogP contribution is 2.47. The first-order chi connectivity index (χ1) is 19.2. The summed E-state index contributed by atoms with van der Waals surface area (Å²) in [4.78, 5) is 21.3. The Labute approximate surface area is 228 Å². The van der Waals surface area contributed by atoms with Crippen molar-refractivity contribution in [2.45, 2.75) is 38.2 Å². The zero-order valence-corrected chi connectivity index (χ0v) is 21.5. The molecule has 1 atom stereocenters. The van der Waals surface area contributed by atoms with Crippen LogP contribution in [-0.2, 0) is 18.4 Å². The SMILES string of the molecule is CCCn1cc(C2(F)CC=Cc3c(-n4ncc(C=O)c4C(F)(F)F)cncc32)c2cc(Cl)c(-n3nccn3)nc21. The Morgan fingerprint density at radius 1 is 1.12 bits per heavy atom. The molecule has 0 aromatic carbocycles. The van der Waals surface area contributed by atoms with E-state index in [0.29, 0.717) is 22.3 Å². The molecule has 0 spiro atoms. The maximum Gasteiger partial charge on any atom is 0.434 e. The van der Waals surface area contributed by atoms with E-state index in [0.717, 1.165) is 18.8 Å². The molecule has 14 heteroatoms. The second-order valence-electron chi connectivity index (χ2n) is 9.22. The molecule has 9 nitrogen and oxygen atoms in total. The predicted octanol–water partition coefficient (Wildman–Crippen LogP) is 5.72. The lowest BCUT2D eigenvalue weighted by Crippen LogP contribution is -2.26. The normalized spacial score (nSPS) is 16.9. The van der Waals surface area contributed by atoms with E-state index in [4.69, 9.17) is 11.6 Å². The van der Waals surface area contributed by atoms with Gasteiger partial charge < -0.3 is 4.57 Å². The van der Waals surface area contributed by atoms with Crippen LogP contribution < -0.4 is 0 Å². The Bertz CT molecular complexity index is 1790. The molecule has 5 heterocycles. The second kappa shape index (κ2) is 9.37. The highest BCUT2D eigenvalue weighted by Gasteiger charge is 2.43. The monoisotopic (exact) mass is 570 g/mol. The van der Waals surface area contributed by atoms with Crippen LogP contribution in [-0.4, -0.2) is 45.6 Å². The molecule has 0 fully saturated rings. The molecular weight excluding hydrogens is 552 g/mol. The Kier molecular flexibility index (Phi) is 6.06. The molecule has 5 aromatic heterocycles. The molecule has 1 aliphatic carbocycles. The lowest BCUT2D eigenvalue weighted by Gasteiger charge is -2.30. The van der Waals surface area contributed by atoms with Crippen molar-refractivity contribution in [2.24, 2.45) is 0 Å². The van der Waals surface area contributed by atoms with Crippen molar-refractivity contribution < 1.29 is 22.4 Å². The van der Waals surface area contributed by atoms with Gasteiger partial charge in [-0.2, -0.15) is 28.5 Å². The summed E-state index contributed by atoms with van der Waals surface area (Å²) >= 11 is 6.55. The van der Waals surface area contributed by atoms with Crippen LogP contribution in [0.4, 0.5) is 17.6 Å². The molecule has 204 valence electrons. The van der Waals surface area contributed by atoms with Crippen LogP contribution >= 0.6 is 11.6 Å². The van der Waals surface area contributed by atoms with Crippen LogP contribution in [0.2, 0.25) is 5.02 Å². The van der Waals surface area contributed by atoms with Crippen LogP contribution in [0, 0.1) is 0 Å². The van der Waals surface area contributed by atoms with Gasteiger partial charge in [-0.3, -0.25) is 9.78 Å². The summed E-state index contributed by atoms with van der Waals surface area (Å²) in [6, 6.07) is 1.59. The van der Waals surface area contributed by atoms with Crippen molar-refractivity contribution in [2.75, 3.05) is 0 Å². The number of allylic oxidation sites excluding steroid dienone is 1. The molecule has 40 heavy (non-hydrogen) atoms. The van der Waals surface area contributed by atoms with Crippen molar-refractivity contribution >= 4 is 35.0 Å². The van der Waals surface area contributed by atoms with Crippen molar-refractivity contribution in [1.82, 2.24) is 39.3 Å². The number of hydrogen-bond acceptors (Lipinski definition) is 6. The summed E-state index contributed by atoms with van der Waals surface area (Å²) in [5, 5.41) is 12.6. The second-order valence-corrected chi connectivity index (χ2v) is 9.63. The molecule has 1 aliphatic rings. The van der Waals surface area contributed by atoms with Crippen LogP contribution in [0.5, 0.6) is 0 Å². The third kappa shape index (κ3) is 3.91. The standard InChI is InChI=1S/C26H19ClF4N8O/c1-2-8-37-13-19(17-9-20(27)24(36-23(17)37)39-33-6-7-34-39)25(28)5-3-4-16-18(25)11-32-12-21(16)38-22(26(29,30)31)15(14-40)10-35-38/h3-4,6-7,9-14H,2,5,8H2,1H3. The molecule has 5 aromatic rings. The fourth-order valence-electron chi connectivity index (χ4n) is 5.10. The fraction of sp³-hybridized carbons (Fsp3) is 0.231. The minimum Gasteiger partial charge on any atom is -0.332 e. The van der Waals surface area contributed by atoms with E-state index in [1.165, 1.54) is 29.5 Å². The van der Waals surface area contributed by atoms with Gasteiger partial charge in [-0.15, -0.1) is 4.80 Å². The maximum atomic E-state index is 17.4. The maximum absolute atomic E-state index is 17.4. The van der Waals surface area contributed by atoms with E-state index in [1.807, 2.05) is 6.92 Å². The van der Waals surface area contributed by atoms with E-state index in [-0.39, 0.29) is 45.9 Å². The number of rotatable bonds is 6. The largest absolute Gasteiger partial charge is 0.434 e. The number of aromatic nitrogens is 8. The van der Waals surface area contributed by atoms with Crippen molar-refractivity contribution in [3.05, 3.63) is 82.3 Å². The van der Waals surface area contributed by atoms with Gasteiger partial charge in [0.1, 0.15) is 5.65 Å². The highest BCUT2D eigenvalue weighted by atomic mass is 35.5. The first-order valence-corrected chi connectivity index (χ1v) is 12.6. The van der Waals surface area contributed by atoms with Gasteiger partial charge in [0.25, 0.3) is 0 Å². The lowest BCUT2D eigenvalue weighted by atomic mass is 9.80. The van der Waals surface area contributed by atoms with Gasteiger partial charge in [-0.1, -0.05) is 30.7 Å². The zero-order chi connectivity index (χ0) is 28.2. The quantitative estimate of drug-likeness (QED) is 0.191. The van der Waals surface area contributed by atoms with E-state index in [9.17, 15) is 18.0 Å². The van der Waals surface area contributed by atoms with Crippen LogP contribution in [0.25, 0.3) is 28.6 Å². The summed E-state index contributed by atoms with van der Waals surface area (Å²) in [5.74, 6) is 0.270. The average Bonchev–Trinajstić information content (AvgIpc) is 3.67. The first kappa shape index (κ1) is 25.9. The lowest BCUT2D eigenvalue weighted by molar-refractivity contribution is -0.143. The first-order valence-electron chi connectivity index (χ1n) is 12.2.